The van der Waals surface area contributed by atoms with Crippen LogP contribution in [0.1, 0.15) is 18.9 Å². The van der Waals surface area contributed by atoms with Gasteiger partial charge >= 0.3 is 0 Å². The highest BCUT2D eigenvalue weighted by Gasteiger charge is 2.24. The van der Waals surface area contributed by atoms with Crippen molar-refractivity contribution in [2.24, 2.45) is 0 Å². The molecule has 6 nitrogen and oxygen atoms in total. The first-order valence-electron chi connectivity index (χ1n) is 11.8. The van der Waals surface area contributed by atoms with Gasteiger partial charge in [0.15, 0.2) is 5.16 Å². The number of thiophene rings is 1. The quantitative estimate of drug-likeness (QED) is 0.170. The summed E-state index contributed by atoms with van der Waals surface area (Å²) in [7, 11) is 1.58. The number of halogens is 1. The summed E-state index contributed by atoms with van der Waals surface area (Å²) in [6.45, 7) is 2.20. The van der Waals surface area contributed by atoms with Crippen LogP contribution in [-0.2, 0) is 11.3 Å². The number of nitrogens with zero attached hydrogens (tertiary/aromatic N) is 2. The molecule has 2 heterocycles. The lowest BCUT2D eigenvalue weighted by Gasteiger charge is -2.18. The average molecular weight is 550 g/mol. The van der Waals surface area contributed by atoms with E-state index in [2.05, 4.69) is 5.32 Å². The third-order valence-corrected chi connectivity index (χ3v) is 8.85. The molecule has 0 spiro atoms. The Hall–Kier alpha value is -3.33. The Labute approximate surface area is 227 Å². The molecule has 1 atom stereocenters. The molecule has 0 fully saturated rings. The number of nitrogens with one attached hydrogen (secondary N) is 1. The molecule has 0 aliphatic carbocycles. The smallest absolute Gasteiger partial charge is 0.272 e. The molecule has 0 saturated carbocycles. The Morgan fingerprint density at radius 3 is 2.70 bits per heavy atom. The normalized spacial score (nSPS) is 12.1. The van der Waals surface area contributed by atoms with Crippen LogP contribution < -0.4 is 15.6 Å². The Morgan fingerprint density at radius 1 is 1.14 bits per heavy atom. The van der Waals surface area contributed by atoms with Crippen LogP contribution in [0.2, 0.25) is 5.02 Å². The number of methoxy groups -OCH3 is 1. The summed E-state index contributed by atoms with van der Waals surface area (Å²) in [6, 6.07) is 22.5. The number of benzene rings is 3. The third-order valence-electron chi connectivity index (χ3n) is 5.98. The zero-order valence-corrected chi connectivity index (χ0v) is 22.6. The predicted octanol–water partition coefficient (Wildman–Crippen LogP) is 6.83. The highest BCUT2D eigenvalue weighted by atomic mass is 35.5. The molecule has 0 aliphatic heterocycles. The first-order chi connectivity index (χ1) is 18.0. The minimum Gasteiger partial charge on any atom is -0.497 e. The molecular formula is C28H24ClN3O3S2. The topological polar surface area (TPSA) is 73.2 Å². The molecule has 2 aromatic heterocycles. The highest BCUT2D eigenvalue weighted by Crippen LogP contribution is 2.34. The highest BCUT2D eigenvalue weighted by molar-refractivity contribution is 8.00. The number of hydrogen-bond donors (Lipinski definition) is 1. The lowest BCUT2D eigenvalue weighted by Crippen LogP contribution is -2.28. The van der Waals surface area contributed by atoms with E-state index in [1.807, 2.05) is 67.6 Å². The van der Waals surface area contributed by atoms with Crippen molar-refractivity contribution in [1.29, 1.82) is 0 Å². The molecule has 188 valence electrons. The van der Waals surface area contributed by atoms with Gasteiger partial charge in [-0.15, -0.1) is 11.3 Å². The summed E-state index contributed by atoms with van der Waals surface area (Å²) in [4.78, 5) is 32.0. The number of thioether (sulfide) groups is 1. The van der Waals surface area contributed by atoms with E-state index < -0.39 is 5.25 Å². The number of ether oxygens (including phenoxy) is 1. The van der Waals surface area contributed by atoms with Gasteiger partial charge in [0.2, 0.25) is 5.91 Å². The van der Waals surface area contributed by atoms with E-state index in [0.717, 1.165) is 15.6 Å². The standard InChI is InChI=1S/C28H24ClN3O3S2/c1-3-22(26(33)30-18-10-8-11-19(15-18)35-2)37-28-31-24-20-12-5-7-14-23(20)36-25(24)27(34)32(28)16-17-9-4-6-13-21(17)29/h4-15,22H,3,16H2,1-2H3,(H,30,33). The molecule has 3 aromatic carbocycles. The van der Waals surface area contributed by atoms with Crippen LogP contribution >= 0.6 is 34.7 Å². The largest absolute Gasteiger partial charge is 0.497 e. The van der Waals surface area contributed by atoms with E-state index in [0.29, 0.717) is 38.3 Å². The second-order valence-corrected chi connectivity index (χ2v) is 11.0. The zero-order chi connectivity index (χ0) is 25.9. The fourth-order valence-electron chi connectivity index (χ4n) is 4.05. The summed E-state index contributed by atoms with van der Waals surface area (Å²) < 4.78 is 8.48. The third kappa shape index (κ3) is 5.23. The zero-order valence-electron chi connectivity index (χ0n) is 20.2. The van der Waals surface area contributed by atoms with Crippen LogP contribution in [0.15, 0.2) is 82.7 Å². The van der Waals surface area contributed by atoms with Crippen molar-refractivity contribution in [2.75, 3.05) is 12.4 Å². The van der Waals surface area contributed by atoms with Crippen molar-refractivity contribution in [2.45, 2.75) is 30.3 Å². The molecule has 0 saturated heterocycles. The number of hydrogen-bond acceptors (Lipinski definition) is 6. The fourth-order valence-corrected chi connectivity index (χ4v) is 6.34. The lowest BCUT2D eigenvalue weighted by molar-refractivity contribution is -0.115. The van der Waals surface area contributed by atoms with Crippen molar-refractivity contribution >= 4 is 66.6 Å². The van der Waals surface area contributed by atoms with Gasteiger partial charge in [-0.3, -0.25) is 14.2 Å². The molecule has 0 radical (unpaired) electrons. The number of rotatable bonds is 8. The van der Waals surface area contributed by atoms with E-state index in [1.54, 1.807) is 23.8 Å². The van der Waals surface area contributed by atoms with Gasteiger partial charge in [0.05, 0.1) is 24.4 Å². The predicted molar refractivity (Wildman–Crippen MR) is 153 cm³/mol. The van der Waals surface area contributed by atoms with Crippen LogP contribution in [0.3, 0.4) is 0 Å². The number of aromatic nitrogens is 2. The van der Waals surface area contributed by atoms with Gasteiger partial charge in [0, 0.05) is 26.9 Å². The van der Waals surface area contributed by atoms with Gasteiger partial charge in [-0.25, -0.2) is 4.98 Å². The summed E-state index contributed by atoms with van der Waals surface area (Å²) in [6.07, 6.45) is 0.546. The van der Waals surface area contributed by atoms with Gasteiger partial charge in [-0.1, -0.05) is 72.8 Å². The summed E-state index contributed by atoms with van der Waals surface area (Å²) >= 11 is 9.17. The molecule has 37 heavy (non-hydrogen) atoms. The number of anilines is 1. The molecule has 9 heteroatoms. The van der Waals surface area contributed by atoms with Crippen LogP contribution in [0.5, 0.6) is 5.75 Å². The van der Waals surface area contributed by atoms with E-state index in [4.69, 9.17) is 21.3 Å². The van der Waals surface area contributed by atoms with Gasteiger partial charge < -0.3 is 10.1 Å². The summed E-state index contributed by atoms with van der Waals surface area (Å²) in [5.41, 5.74) is 1.97. The first-order valence-corrected chi connectivity index (χ1v) is 13.8. The van der Waals surface area contributed by atoms with Crippen LogP contribution in [-0.4, -0.2) is 27.8 Å². The van der Waals surface area contributed by atoms with Gasteiger partial charge in [0.1, 0.15) is 10.4 Å². The Balaban J connectivity index is 1.56. The van der Waals surface area contributed by atoms with Gasteiger partial charge in [-0.2, -0.15) is 0 Å². The lowest BCUT2D eigenvalue weighted by atomic mass is 10.2. The second kappa shape index (κ2) is 11.0. The summed E-state index contributed by atoms with van der Waals surface area (Å²) in [5.74, 6) is 0.484. The Kier molecular flexibility index (Phi) is 7.50. The minimum atomic E-state index is -0.474. The molecule has 5 rings (SSSR count). The number of carbonyl (C=O) groups is 1. The van der Waals surface area contributed by atoms with E-state index in [9.17, 15) is 9.59 Å². The van der Waals surface area contributed by atoms with Crippen molar-refractivity contribution < 1.29 is 9.53 Å². The molecule has 1 amide bonds. The van der Waals surface area contributed by atoms with Gasteiger partial charge in [0.25, 0.3) is 5.56 Å². The maximum Gasteiger partial charge on any atom is 0.272 e. The van der Waals surface area contributed by atoms with Crippen molar-refractivity contribution in [1.82, 2.24) is 9.55 Å². The molecule has 1 unspecified atom stereocenters. The first kappa shape index (κ1) is 25.3. The molecule has 0 aliphatic rings. The molecule has 0 bridgehead atoms. The average Bonchev–Trinajstić information content (AvgIpc) is 3.29. The number of amides is 1. The molecular weight excluding hydrogens is 526 g/mol. The molecule has 1 N–H and O–H groups in total. The SMILES string of the molecule is CCC(Sc1nc2c(sc3ccccc32)c(=O)n1Cc1ccccc1Cl)C(=O)Nc1cccc(OC)c1. The van der Waals surface area contributed by atoms with Crippen LogP contribution in [0.4, 0.5) is 5.69 Å². The van der Waals surface area contributed by atoms with Gasteiger partial charge in [-0.05, 0) is 36.2 Å². The second-order valence-electron chi connectivity index (χ2n) is 8.39. The maximum absolute atomic E-state index is 13.8. The van der Waals surface area contributed by atoms with E-state index >= 15 is 0 Å². The van der Waals surface area contributed by atoms with Crippen LogP contribution in [0.25, 0.3) is 20.3 Å². The van der Waals surface area contributed by atoms with Crippen molar-refractivity contribution in [3.05, 3.63) is 93.7 Å². The van der Waals surface area contributed by atoms with Crippen molar-refractivity contribution in [3.8, 4) is 5.75 Å². The summed E-state index contributed by atoms with van der Waals surface area (Å²) in [5, 5.41) is 4.48. The fraction of sp³-hybridized carbons (Fsp3) is 0.179. The minimum absolute atomic E-state index is 0.142. The van der Waals surface area contributed by atoms with Crippen LogP contribution in [0, 0.1) is 0 Å². The maximum atomic E-state index is 13.8. The Morgan fingerprint density at radius 2 is 1.92 bits per heavy atom. The molecule has 5 aromatic rings. The number of carbonyl (C=O) groups excluding carboxylic acids is 1. The van der Waals surface area contributed by atoms with E-state index in [1.165, 1.54) is 23.1 Å². The number of fused-ring (bicyclic) bond motifs is 3. The Bertz CT molecular complexity index is 1660. The monoisotopic (exact) mass is 549 g/mol. The van der Waals surface area contributed by atoms with E-state index in [-0.39, 0.29) is 18.0 Å². The van der Waals surface area contributed by atoms with Crippen molar-refractivity contribution in [3.63, 3.8) is 0 Å².